The maximum absolute atomic E-state index is 11.7. The van der Waals surface area contributed by atoms with E-state index in [0.29, 0.717) is 13.2 Å². The molecular formula is C38H44O11. The smallest absolute Gasteiger partial charge is 0.303 e. The molecule has 0 unspecified atom stereocenters. The van der Waals surface area contributed by atoms with Crippen LogP contribution in [0.1, 0.15) is 30.5 Å². The Labute approximate surface area is 286 Å². The van der Waals surface area contributed by atoms with Crippen LogP contribution in [0, 0.1) is 0 Å². The van der Waals surface area contributed by atoms with E-state index in [1.54, 1.807) is 19.3 Å². The van der Waals surface area contributed by atoms with Gasteiger partial charge in [-0.15, -0.1) is 0 Å². The zero-order valence-electron chi connectivity index (χ0n) is 28.0. The highest BCUT2D eigenvalue weighted by Crippen LogP contribution is 2.32. The van der Waals surface area contributed by atoms with Crippen LogP contribution in [0.2, 0.25) is 0 Å². The molecule has 11 heteroatoms. The van der Waals surface area contributed by atoms with Crippen molar-refractivity contribution < 1.29 is 52.2 Å². The van der Waals surface area contributed by atoms with Crippen molar-refractivity contribution in [3.8, 4) is 0 Å². The van der Waals surface area contributed by atoms with Crippen molar-refractivity contribution in [1.82, 2.24) is 0 Å². The zero-order valence-corrected chi connectivity index (χ0v) is 28.0. The van der Waals surface area contributed by atoms with E-state index in [9.17, 15) is 9.59 Å². The van der Waals surface area contributed by atoms with Gasteiger partial charge in [0.25, 0.3) is 0 Å². The van der Waals surface area contributed by atoms with Crippen LogP contribution in [0.3, 0.4) is 0 Å². The van der Waals surface area contributed by atoms with Crippen LogP contribution < -0.4 is 0 Å². The summed E-state index contributed by atoms with van der Waals surface area (Å²) in [4.78, 5) is 23.2. The lowest BCUT2D eigenvalue weighted by molar-refractivity contribution is -0.327. The van der Waals surface area contributed by atoms with Crippen LogP contribution in [-0.2, 0) is 72.0 Å². The van der Waals surface area contributed by atoms with Crippen LogP contribution >= 0.6 is 0 Å². The lowest BCUT2D eigenvalue weighted by Gasteiger charge is -2.45. The molecule has 0 aliphatic carbocycles. The Morgan fingerprint density at radius 2 is 1.12 bits per heavy atom. The molecule has 3 aromatic carbocycles. The second-order valence-corrected chi connectivity index (χ2v) is 11.7. The number of rotatable bonds is 16. The molecule has 49 heavy (non-hydrogen) atoms. The Morgan fingerprint density at radius 3 is 1.63 bits per heavy atom. The fraction of sp³-hybridized carbons (Fsp3) is 0.421. The van der Waals surface area contributed by atoms with Crippen LogP contribution in [0.25, 0.3) is 0 Å². The van der Waals surface area contributed by atoms with Crippen molar-refractivity contribution in [1.29, 1.82) is 0 Å². The molecule has 11 nitrogen and oxygen atoms in total. The lowest BCUT2D eigenvalue weighted by Crippen LogP contribution is -2.61. The average molecular weight is 677 g/mol. The van der Waals surface area contributed by atoms with Crippen molar-refractivity contribution in [2.45, 2.75) is 82.9 Å². The summed E-state index contributed by atoms with van der Waals surface area (Å²) in [6.07, 6.45) is -2.52. The molecule has 0 N–H and O–H groups in total. The third-order valence-corrected chi connectivity index (χ3v) is 7.99. The Balaban J connectivity index is 1.38. The minimum Gasteiger partial charge on any atom is -0.463 e. The summed E-state index contributed by atoms with van der Waals surface area (Å²) in [5.41, 5.74) is 2.95. The van der Waals surface area contributed by atoms with Crippen LogP contribution in [0.5, 0.6) is 0 Å². The van der Waals surface area contributed by atoms with E-state index in [-0.39, 0.29) is 19.8 Å². The summed E-state index contributed by atoms with van der Waals surface area (Å²) in [6.45, 7) is 3.38. The van der Waals surface area contributed by atoms with E-state index in [2.05, 4.69) is 0 Å². The highest BCUT2D eigenvalue weighted by molar-refractivity contribution is 5.66. The molecule has 0 spiro atoms. The molecule has 0 aromatic heterocycles. The monoisotopic (exact) mass is 676 g/mol. The van der Waals surface area contributed by atoms with E-state index in [0.717, 1.165) is 16.7 Å². The van der Waals surface area contributed by atoms with E-state index in [4.69, 9.17) is 42.6 Å². The number of hydrogen-bond acceptors (Lipinski definition) is 11. The molecule has 0 saturated carbocycles. The summed E-state index contributed by atoms with van der Waals surface area (Å²) in [5.74, 6) is -0.974. The second kappa shape index (κ2) is 18.7. The molecule has 5 rings (SSSR count). The number of esters is 2. The molecule has 262 valence electrons. The van der Waals surface area contributed by atoms with Crippen LogP contribution in [-0.4, -0.2) is 81.5 Å². The number of methoxy groups -OCH3 is 1. The van der Waals surface area contributed by atoms with Gasteiger partial charge in [0, 0.05) is 21.0 Å². The van der Waals surface area contributed by atoms with Crippen molar-refractivity contribution >= 4 is 11.9 Å². The van der Waals surface area contributed by atoms with Gasteiger partial charge in [-0.1, -0.05) is 91.0 Å². The first-order chi connectivity index (χ1) is 23.9. The van der Waals surface area contributed by atoms with Gasteiger partial charge >= 0.3 is 11.9 Å². The van der Waals surface area contributed by atoms with Gasteiger partial charge in [-0.3, -0.25) is 9.59 Å². The van der Waals surface area contributed by atoms with Gasteiger partial charge in [0.15, 0.2) is 12.6 Å². The molecule has 0 bridgehead atoms. The van der Waals surface area contributed by atoms with Crippen LogP contribution in [0.4, 0.5) is 0 Å². The molecule has 2 aliphatic rings. The van der Waals surface area contributed by atoms with Gasteiger partial charge in [0.2, 0.25) is 0 Å². The highest BCUT2D eigenvalue weighted by Gasteiger charge is 2.49. The summed E-state index contributed by atoms with van der Waals surface area (Å²) >= 11 is 0. The Morgan fingerprint density at radius 1 is 0.592 bits per heavy atom. The molecule has 8 atom stereocenters. The highest BCUT2D eigenvalue weighted by atomic mass is 16.7. The van der Waals surface area contributed by atoms with E-state index >= 15 is 0 Å². The normalized spacial score (nSPS) is 26.6. The number of benzene rings is 3. The third-order valence-electron chi connectivity index (χ3n) is 7.99. The second-order valence-electron chi connectivity index (χ2n) is 11.7. The van der Waals surface area contributed by atoms with E-state index < -0.39 is 61.1 Å². The topological polar surface area (TPSA) is 117 Å². The van der Waals surface area contributed by atoms with Gasteiger partial charge in [0.05, 0.1) is 26.4 Å². The van der Waals surface area contributed by atoms with Crippen molar-refractivity contribution in [3.05, 3.63) is 120 Å². The standard InChI is InChI=1S/C38H44O11/c1-26(39)42-24-32-31(47-27(2)40)19-20-34(48-32)43-25-33-35(44-21-28-13-7-4-8-14-28)36(45-22-29-15-9-5-10-16-29)37(38(41-3)49-33)46-23-30-17-11-6-12-18-30/h4-20,31-38H,21-25H2,1-3H3/t31-,32+,33+,34-,35+,36+,37+,38+/m0/s1. The number of hydrogen-bond donors (Lipinski definition) is 0. The van der Waals surface area contributed by atoms with Crippen molar-refractivity contribution in [2.75, 3.05) is 20.3 Å². The van der Waals surface area contributed by atoms with Gasteiger partial charge in [0.1, 0.15) is 43.2 Å². The summed E-state index contributed by atoms with van der Waals surface area (Å²) in [7, 11) is 1.56. The molecule has 0 radical (unpaired) electrons. The fourth-order valence-corrected chi connectivity index (χ4v) is 5.61. The van der Waals surface area contributed by atoms with Crippen molar-refractivity contribution in [3.63, 3.8) is 0 Å². The molecule has 2 aliphatic heterocycles. The zero-order chi connectivity index (χ0) is 34.4. The summed E-state index contributed by atoms with van der Waals surface area (Å²) in [6, 6.07) is 29.5. The summed E-state index contributed by atoms with van der Waals surface area (Å²) in [5, 5.41) is 0. The Kier molecular flexibility index (Phi) is 13.9. The minimum atomic E-state index is -0.859. The quantitative estimate of drug-likeness (QED) is 0.152. The van der Waals surface area contributed by atoms with Gasteiger partial charge < -0.3 is 42.6 Å². The molecule has 2 heterocycles. The average Bonchev–Trinajstić information content (AvgIpc) is 3.12. The number of carbonyl (C=O) groups is 2. The molecular weight excluding hydrogens is 632 g/mol. The molecule has 1 saturated heterocycles. The summed E-state index contributed by atoms with van der Waals surface area (Å²) < 4.78 is 54.9. The minimum absolute atomic E-state index is 0.0173. The first-order valence-corrected chi connectivity index (χ1v) is 16.3. The predicted molar refractivity (Wildman–Crippen MR) is 177 cm³/mol. The van der Waals surface area contributed by atoms with Gasteiger partial charge in [-0.2, -0.15) is 0 Å². The maximum Gasteiger partial charge on any atom is 0.303 e. The predicted octanol–water partition coefficient (Wildman–Crippen LogP) is 4.91. The first-order valence-electron chi connectivity index (χ1n) is 16.3. The van der Waals surface area contributed by atoms with E-state index in [1.807, 2.05) is 91.0 Å². The largest absolute Gasteiger partial charge is 0.463 e. The maximum atomic E-state index is 11.7. The Bertz CT molecular complexity index is 1450. The van der Waals surface area contributed by atoms with Crippen molar-refractivity contribution in [2.24, 2.45) is 0 Å². The SMILES string of the molecule is CO[C@@H]1O[C@H](CO[C@@H]2C=C[C@H](OC(C)=O)[C@@H](COC(C)=O)O2)[C@@H](OCc2ccccc2)[C@@H](OCc2ccccc2)[C@H]1OCc1ccccc1. The Hall–Kier alpha value is -3.94. The van der Waals surface area contributed by atoms with E-state index in [1.165, 1.54) is 13.8 Å². The lowest BCUT2D eigenvalue weighted by atomic mass is 9.97. The van der Waals surface area contributed by atoms with Gasteiger partial charge in [-0.25, -0.2) is 0 Å². The molecule has 3 aromatic rings. The fourth-order valence-electron chi connectivity index (χ4n) is 5.61. The van der Waals surface area contributed by atoms with Crippen LogP contribution in [0.15, 0.2) is 103 Å². The first kappa shape index (κ1) is 36.3. The molecule has 1 fully saturated rings. The van der Waals surface area contributed by atoms with Gasteiger partial charge in [-0.05, 0) is 28.8 Å². The molecule has 0 amide bonds. The number of ether oxygens (including phenoxy) is 9. The third kappa shape index (κ3) is 11.0. The number of carbonyl (C=O) groups excluding carboxylic acids is 2.